The van der Waals surface area contributed by atoms with Crippen LogP contribution in [0.5, 0.6) is 0 Å². The van der Waals surface area contributed by atoms with Crippen LogP contribution < -0.4 is 5.32 Å². The molecular formula is C17H18FN3O4S. The molecule has 0 radical (unpaired) electrons. The number of rotatable bonds is 5. The van der Waals surface area contributed by atoms with Gasteiger partial charge in [0.2, 0.25) is 0 Å². The highest BCUT2D eigenvalue weighted by molar-refractivity contribution is 7.90. The van der Waals surface area contributed by atoms with E-state index in [1.807, 2.05) is 7.05 Å². The number of aromatic nitrogens is 2. The van der Waals surface area contributed by atoms with E-state index in [1.54, 1.807) is 24.5 Å². The standard InChI is InChI=1S/C16H16FN3O2S.CH2O2/c1-18-9-7-12-11-20(15-6-3-8-19-16(12)15)23(21,22)14-5-2-4-13(17)10-14;2-1-3/h2-6,8,10-11,18H,7,9H2,1H3;1H,(H,2,3). The average molecular weight is 379 g/mol. The molecule has 0 unspecified atom stereocenters. The number of carbonyl (C=O) groups is 1. The Bertz CT molecular complexity index is 1000. The van der Waals surface area contributed by atoms with Crippen LogP contribution in [0.4, 0.5) is 4.39 Å². The van der Waals surface area contributed by atoms with E-state index in [0.717, 1.165) is 11.6 Å². The molecule has 0 fully saturated rings. The van der Waals surface area contributed by atoms with Crippen LogP contribution in [0, 0.1) is 5.82 Å². The van der Waals surface area contributed by atoms with Gasteiger partial charge in [-0.25, -0.2) is 16.8 Å². The van der Waals surface area contributed by atoms with Crippen molar-refractivity contribution in [3.63, 3.8) is 0 Å². The number of nitrogens with one attached hydrogen (secondary N) is 1. The lowest BCUT2D eigenvalue weighted by atomic mass is 10.2. The molecular weight excluding hydrogens is 361 g/mol. The van der Waals surface area contributed by atoms with Gasteiger partial charge in [-0.1, -0.05) is 6.07 Å². The molecule has 26 heavy (non-hydrogen) atoms. The van der Waals surface area contributed by atoms with Crippen LogP contribution in [0.25, 0.3) is 11.0 Å². The largest absolute Gasteiger partial charge is 0.483 e. The topological polar surface area (TPSA) is 101 Å². The average Bonchev–Trinajstić information content (AvgIpc) is 3.00. The summed E-state index contributed by atoms with van der Waals surface area (Å²) in [5, 5.41) is 9.92. The molecule has 0 amide bonds. The molecule has 2 heterocycles. The summed E-state index contributed by atoms with van der Waals surface area (Å²) in [7, 11) is -2.05. The smallest absolute Gasteiger partial charge is 0.290 e. The summed E-state index contributed by atoms with van der Waals surface area (Å²) in [5.74, 6) is -0.587. The predicted octanol–water partition coefficient (Wildman–Crippen LogP) is 1.88. The summed E-state index contributed by atoms with van der Waals surface area (Å²) < 4.78 is 40.3. The van der Waals surface area contributed by atoms with Crippen molar-refractivity contribution in [3.8, 4) is 0 Å². The second-order valence-corrected chi connectivity index (χ2v) is 7.06. The van der Waals surface area contributed by atoms with Crippen LogP contribution in [0.3, 0.4) is 0 Å². The van der Waals surface area contributed by atoms with E-state index in [0.29, 0.717) is 24.0 Å². The van der Waals surface area contributed by atoms with Gasteiger partial charge in [0, 0.05) is 12.4 Å². The number of hydrogen-bond donors (Lipinski definition) is 2. The first-order valence-corrected chi connectivity index (χ1v) is 9.08. The van der Waals surface area contributed by atoms with Crippen LogP contribution in [-0.2, 0) is 21.2 Å². The highest BCUT2D eigenvalue weighted by Crippen LogP contribution is 2.25. The molecule has 0 saturated heterocycles. The highest BCUT2D eigenvalue weighted by atomic mass is 32.2. The lowest BCUT2D eigenvalue weighted by Gasteiger charge is -2.07. The minimum atomic E-state index is -3.88. The zero-order chi connectivity index (χ0) is 19.2. The van der Waals surface area contributed by atoms with E-state index in [4.69, 9.17) is 9.90 Å². The molecule has 0 spiro atoms. The summed E-state index contributed by atoms with van der Waals surface area (Å²) in [6.45, 7) is 0.454. The fraction of sp³-hybridized carbons (Fsp3) is 0.176. The van der Waals surface area contributed by atoms with Crippen LogP contribution in [0.1, 0.15) is 5.56 Å². The van der Waals surface area contributed by atoms with Crippen molar-refractivity contribution >= 4 is 27.5 Å². The van der Waals surface area contributed by atoms with Crippen molar-refractivity contribution in [1.29, 1.82) is 0 Å². The van der Waals surface area contributed by atoms with Crippen LogP contribution >= 0.6 is 0 Å². The lowest BCUT2D eigenvalue weighted by Crippen LogP contribution is -2.12. The number of fused-ring (bicyclic) bond motifs is 1. The van der Waals surface area contributed by atoms with E-state index in [9.17, 15) is 12.8 Å². The van der Waals surface area contributed by atoms with E-state index in [1.165, 1.54) is 22.2 Å². The van der Waals surface area contributed by atoms with Crippen LogP contribution in [0.2, 0.25) is 0 Å². The van der Waals surface area contributed by atoms with Gasteiger partial charge >= 0.3 is 0 Å². The first-order valence-electron chi connectivity index (χ1n) is 7.64. The SMILES string of the molecule is CNCCc1cn(S(=O)(=O)c2cccc(F)c2)c2cccnc12.O=CO. The Morgan fingerprint density at radius 3 is 2.69 bits per heavy atom. The molecule has 2 aromatic heterocycles. The third-order valence-corrected chi connectivity index (χ3v) is 5.27. The van der Waals surface area contributed by atoms with Crippen molar-refractivity contribution in [2.24, 2.45) is 0 Å². The minimum absolute atomic E-state index is 0.0848. The number of carboxylic acid groups (broad SMARTS) is 1. The Kier molecular flexibility index (Phi) is 6.42. The Labute approximate surface area is 150 Å². The van der Waals surface area contributed by atoms with E-state index < -0.39 is 15.8 Å². The van der Waals surface area contributed by atoms with E-state index in [2.05, 4.69) is 10.3 Å². The molecule has 9 heteroatoms. The van der Waals surface area contributed by atoms with Gasteiger partial charge < -0.3 is 10.4 Å². The Morgan fingerprint density at radius 2 is 2.04 bits per heavy atom. The van der Waals surface area contributed by atoms with E-state index >= 15 is 0 Å². The minimum Gasteiger partial charge on any atom is -0.483 e. The maximum absolute atomic E-state index is 13.4. The van der Waals surface area contributed by atoms with Gasteiger partial charge in [-0.3, -0.25) is 9.78 Å². The maximum atomic E-state index is 13.4. The summed E-state index contributed by atoms with van der Waals surface area (Å²) in [6, 6.07) is 8.38. The van der Waals surface area contributed by atoms with Gasteiger partial charge in [-0.2, -0.15) is 0 Å². The van der Waals surface area contributed by atoms with Crippen molar-refractivity contribution in [3.05, 3.63) is 60.2 Å². The number of benzene rings is 1. The molecule has 0 bridgehead atoms. The molecule has 0 saturated carbocycles. The number of hydrogen-bond acceptors (Lipinski definition) is 5. The monoisotopic (exact) mass is 379 g/mol. The number of pyridine rings is 1. The number of nitrogens with zero attached hydrogens (tertiary/aromatic N) is 2. The van der Waals surface area contributed by atoms with Crippen LogP contribution in [0.15, 0.2) is 53.7 Å². The van der Waals surface area contributed by atoms with Gasteiger partial charge in [0.25, 0.3) is 16.5 Å². The molecule has 3 aromatic rings. The number of likely N-dealkylation sites (N-methyl/N-ethyl adjacent to an activating group) is 1. The van der Waals surface area contributed by atoms with Gasteiger partial charge in [-0.15, -0.1) is 0 Å². The summed E-state index contributed by atoms with van der Waals surface area (Å²) >= 11 is 0. The molecule has 1 aromatic carbocycles. The summed E-state index contributed by atoms with van der Waals surface area (Å²) in [6.07, 6.45) is 3.84. The van der Waals surface area contributed by atoms with E-state index in [-0.39, 0.29) is 11.4 Å². The fourth-order valence-corrected chi connectivity index (χ4v) is 3.89. The third-order valence-electron chi connectivity index (χ3n) is 3.60. The normalized spacial score (nSPS) is 11.0. The van der Waals surface area contributed by atoms with Crippen LogP contribution in [-0.4, -0.2) is 42.5 Å². The third kappa shape index (κ3) is 4.06. The maximum Gasteiger partial charge on any atom is 0.290 e. The van der Waals surface area contributed by atoms with Crippen molar-refractivity contribution in [2.75, 3.05) is 13.6 Å². The first kappa shape index (κ1) is 19.5. The van der Waals surface area contributed by atoms with Crippen molar-refractivity contribution in [2.45, 2.75) is 11.3 Å². The quantitative estimate of drug-likeness (QED) is 0.657. The predicted molar refractivity (Wildman–Crippen MR) is 95.0 cm³/mol. The zero-order valence-electron chi connectivity index (χ0n) is 14.0. The van der Waals surface area contributed by atoms with Gasteiger partial charge in [0.1, 0.15) is 5.82 Å². The number of halogens is 1. The Morgan fingerprint density at radius 1 is 1.31 bits per heavy atom. The van der Waals surface area contributed by atoms with Crippen molar-refractivity contribution < 1.29 is 22.7 Å². The molecule has 0 aliphatic rings. The molecule has 0 aliphatic carbocycles. The summed E-state index contributed by atoms with van der Waals surface area (Å²) in [5.41, 5.74) is 1.96. The first-order chi connectivity index (χ1) is 12.5. The second-order valence-electron chi connectivity index (χ2n) is 5.24. The fourth-order valence-electron chi connectivity index (χ4n) is 2.48. The van der Waals surface area contributed by atoms with Gasteiger partial charge in [0.15, 0.2) is 0 Å². The lowest BCUT2D eigenvalue weighted by molar-refractivity contribution is -0.122. The molecule has 138 valence electrons. The second kappa shape index (κ2) is 8.54. The zero-order valence-corrected chi connectivity index (χ0v) is 14.8. The molecule has 2 N–H and O–H groups in total. The Balaban J connectivity index is 0.000000758. The Hall–Kier alpha value is -2.78. The molecule has 0 atom stereocenters. The highest BCUT2D eigenvalue weighted by Gasteiger charge is 2.22. The van der Waals surface area contributed by atoms with Gasteiger partial charge in [-0.05, 0) is 55.9 Å². The van der Waals surface area contributed by atoms with Crippen molar-refractivity contribution in [1.82, 2.24) is 14.3 Å². The molecule has 7 nitrogen and oxygen atoms in total. The summed E-state index contributed by atoms with van der Waals surface area (Å²) in [4.78, 5) is 12.6. The molecule has 0 aliphatic heterocycles. The van der Waals surface area contributed by atoms with Gasteiger partial charge in [0.05, 0.1) is 15.9 Å². The molecule has 3 rings (SSSR count).